The molecule has 150 valence electrons. The predicted octanol–water partition coefficient (Wildman–Crippen LogP) is 3.71. The zero-order valence-electron chi connectivity index (χ0n) is 17.3. The number of imide groups is 1. The van der Waals surface area contributed by atoms with Crippen molar-refractivity contribution in [1.82, 2.24) is 14.8 Å². The van der Waals surface area contributed by atoms with Crippen LogP contribution in [0, 0.1) is 19.8 Å². The second-order valence-corrected chi connectivity index (χ2v) is 8.21. The molecule has 0 atom stereocenters. The first-order valence-electron chi connectivity index (χ1n) is 10.3. The minimum absolute atomic E-state index is 0.195. The number of carbonyl (C=O) groups excluding carboxylic acids is 2. The molecule has 1 aromatic carbocycles. The van der Waals surface area contributed by atoms with Gasteiger partial charge in [0.15, 0.2) is 0 Å². The van der Waals surface area contributed by atoms with Gasteiger partial charge in [0, 0.05) is 19.3 Å². The van der Waals surface area contributed by atoms with Gasteiger partial charge in [0.2, 0.25) is 0 Å². The van der Waals surface area contributed by atoms with Gasteiger partial charge >= 0.3 is 0 Å². The first kappa shape index (κ1) is 19.4. The number of hydrogen-bond donors (Lipinski definition) is 0. The molecule has 2 aromatic rings. The number of rotatable bonds is 4. The molecule has 2 aliphatic rings. The van der Waals surface area contributed by atoms with E-state index in [1.807, 2.05) is 43.3 Å². The zero-order valence-corrected chi connectivity index (χ0v) is 17.3. The average Bonchev–Trinajstić information content (AvgIpc) is 2.96. The molecule has 0 spiro atoms. The lowest BCUT2D eigenvalue weighted by Gasteiger charge is -2.32. The number of aryl methyl sites for hydroxylation is 2. The summed E-state index contributed by atoms with van der Waals surface area (Å²) in [7, 11) is 0. The number of carbonyl (C=O) groups is 2. The molecule has 0 N–H and O–H groups in total. The van der Waals surface area contributed by atoms with Crippen molar-refractivity contribution in [1.29, 1.82) is 0 Å². The van der Waals surface area contributed by atoms with Crippen LogP contribution in [0.2, 0.25) is 0 Å². The van der Waals surface area contributed by atoms with Crippen LogP contribution >= 0.6 is 0 Å². The van der Waals surface area contributed by atoms with Crippen LogP contribution < -0.4 is 0 Å². The zero-order chi connectivity index (χ0) is 20.5. The molecule has 3 heterocycles. The molecule has 1 saturated heterocycles. The van der Waals surface area contributed by atoms with Crippen molar-refractivity contribution in [2.24, 2.45) is 5.92 Å². The van der Waals surface area contributed by atoms with Gasteiger partial charge in [-0.2, -0.15) is 0 Å². The second kappa shape index (κ2) is 7.82. The highest BCUT2D eigenvalue weighted by atomic mass is 16.2. The Morgan fingerprint density at radius 3 is 2.41 bits per heavy atom. The van der Waals surface area contributed by atoms with Crippen LogP contribution in [0.4, 0.5) is 0 Å². The lowest BCUT2D eigenvalue weighted by atomic mass is 9.96. The monoisotopic (exact) mass is 389 g/mol. The number of benzene rings is 1. The summed E-state index contributed by atoms with van der Waals surface area (Å²) in [5.74, 6) is 0.217. The van der Waals surface area contributed by atoms with Crippen LogP contribution in [-0.2, 0) is 16.1 Å². The van der Waals surface area contributed by atoms with E-state index in [0.29, 0.717) is 22.9 Å². The third-order valence-corrected chi connectivity index (χ3v) is 6.09. The summed E-state index contributed by atoms with van der Waals surface area (Å²) in [4.78, 5) is 34.6. The van der Waals surface area contributed by atoms with Gasteiger partial charge in [-0.15, -0.1) is 0 Å². The molecule has 0 saturated carbocycles. The van der Waals surface area contributed by atoms with Crippen LogP contribution in [0.5, 0.6) is 0 Å². The van der Waals surface area contributed by atoms with E-state index in [-0.39, 0.29) is 18.4 Å². The maximum absolute atomic E-state index is 13.4. The number of amides is 2. The molecule has 0 unspecified atom stereocenters. The Morgan fingerprint density at radius 1 is 1.00 bits per heavy atom. The van der Waals surface area contributed by atoms with E-state index in [1.54, 1.807) is 6.20 Å². The summed E-state index contributed by atoms with van der Waals surface area (Å²) in [5.41, 5.74) is 4.91. The third-order valence-electron chi connectivity index (χ3n) is 6.09. The fraction of sp³-hybridized carbons (Fsp3) is 0.375. The molecule has 5 nitrogen and oxygen atoms in total. The highest BCUT2D eigenvalue weighted by Gasteiger charge is 2.42. The van der Waals surface area contributed by atoms with Crippen molar-refractivity contribution >= 4 is 17.4 Å². The van der Waals surface area contributed by atoms with Gasteiger partial charge in [0.25, 0.3) is 11.8 Å². The Labute approximate surface area is 172 Å². The molecular formula is C24H27N3O2. The predicted molar refractivity (Wildman–Crippen MR) is 113 cm³/mol. The van der Waals surface area contributed by atoms with Crippen LogP contribution in [0.1, 0.15) is 42.1 Å². The number of nitrogens with zero attached hydrogens (tertiary/aromatic N) is 3. The Balaban J connectivity index is 1.75. The quantitative estimate of drug-likeness (QED) is 0.748. The van der Waals surface area contributed by atoms with E-state index in [9.17, 15) is 9.59 Å². The van der Waals surface area contributed by atoms with Gasteiger partial charge in [-0.3, -0.25) is 19.5 Å². The molecule has 0 bridgehead atoms. The number of aromatic nitrogens is 1. The van der Waals surface area contributed by atoms with Crippen molar-refractivity contribution in [3.63, 3.8) is 0 Å². The molecule has 0 aliphatic carbocycles. The van der Waals surface area contributed by atoms with Crippen LogP contribution in [0.3, 0.4) is 0 Å². The van der Waals surface area contributed by atoms with E-state index in [2.05, 4.69) is 23.7 Å². The minimum atomic E-state index is -0.225. The standard InChI is InChI=1S/C24H27N3O2/c1-16-9-12-26(13-10-16)22-21(19-8-7-17(2)18(3)14-19)23(28)27(24(22)29)15-20-6-4-5-11-25-20/h4-8,11,14,16H,9-10,12-13,15H2,1-3H3. The van der Waals surface area contributed by atoms with Gasteiger partial charge < -0.3 is 4.90 Å². The van der Waals surface area contributed by atoms with Crippen molar-refractivity contribution in [3.8, 4) is 0 Å². The van der Waals surface area contributed by atoms with E-state index >= 15 is 0 Å². The first-order chi connectivity index (χ1) is 14.0. The van der Waals surface area contributed by atoms with Crippen molar-refractivity contribution < 1.29 is 9.59 Å². The normalized spacial score (nSPS) is 18.2. The second-order valence-electron chi connectivity index (χ2n) is 8.21. The van der Waals surface area contributed by atoms with Crippen molar-refractivity contribution in [2.45, 2.75) is 40.2 Å². The topological polar surface area (TPSA) is 53.5 Å². The maximum Gasteiger partial charge on any atom is 0.278 e. The number of pyridine rings is 1. The van der Waals surface area contributed by atoms with Crippen LogP contribution in [-0.4, -0.2) is 39.7 Å². The minimum Gasteiger partial charge on any atom is -0.366 e. The average molecular weight is 389 g/mol. The maximum atomic E-state index is 13.4. The molecule has 2 amide bonds. The summed E-state index contributed by atoms with van der Waals surface area (Å²) < 4.78 is 0. The Morgan fingerprint density at radius 2 is 1.76 bits per heavy atom. The van der Waals surface area contributed by atoms with Gasteiger partial charge in [0.1, 0.15) is 5.70 Å². The van der Waals surface area contributed by atoms with Crippen LogP contribution in [0.25, 0.3) is 5.57 Å². The molecule has 0 radical (unpaired) electrons. The van der Waals surface area contributed by atoms with Gasteiger partial charge in [0.05, 0.1) is 17.8 Å². The lowest BCUT2D eigenvalue weighted by molar-refractivity contribution is -0.138. The summed E-state index contributed by atoms with van der Waals surface area (Å²) in [6, 6.07) is 11.5. The molecule has 2 aliphatic heterocycles. The van der Waals surface area contributed by atoms with Gasteiger partial charge in [-0.05, 0) is 61.4 Å². The first-order valence-corrected chi connectivity index (χ1v) is 10.3. The molecule has 1 aromatic heterocycles. The highest BCUT2D eigenvalue weighted by molar-refractivity contribution is 6.35. The Kier molecular flexibility index (Phi) is 5.22. The molecule has 5 heteroatoms. The number of piperidine rings is 1. The van der Waals surface area contributed by atoms with Crippen molar-refractivity contribution in [3.05, 3.63) is 70.7 Å². The van der Waals surface area contributed by atoms with Crippen molar-refractivity contribution in [2.75, 3.05) is 13.1 Å². The molecular weight excluding hydrogens is 362 g/mol. The number of likely N-dealkylation sites (tertiary alicyclic amines) is 1. The lowest BCUT2D eigenvalue weighted by Crippen LogP contribution is -2.38. The SMILES string of the molecule is Cc1ccc(C2=C(N3CCC(C)CC3)C(=O)N(Cc3ccccn3)C2=O)cc1C. The van der Waals surface area contributed by atoms with Gasteiger partial charge in [-0.1, -0.05) is 31.2 Å². The van der Waals surface area contributed by atoms with E-state index in [0.717, 1.165) is 37.1 Å². The molecule has 4 rings (SSSR count). The highest BCUT2D eigenvalue weighted by Crippen LogP contribution is 2.35. The van der Waals surface area contributed by atoms with E-state index in [4.69, 9.17) is 0 Å². The molecule has 1 fully saturated rings. The largest absolute Gasteiger partial charge is 0.366 e. The Bertz CT molecular complexity index is 973. The summed E-state index contributed by atoms with van der Waals surface area (Å²) >= 11 is 0. The van der Waals surface area contributed by atoms with Gasteiger partial charge in [-0.25, -0.2) is 0 Å². The summed E-state index contributed by atoms with van der Waals surface area (Å²) in [6.07, 6.45) is 3.75. The van der Waals surface area contributed by atoms with E-state index in [1.165, 1.54) is 10.5 Å². The summed E-state index contributed by atoms with van der Waals surface area (Å²) in [5, 5.41) is 0. The number of hydrogen-bond acceptors (Lipinski definition) is 4. The fourth-order valence-corrected chi connectivity index (χ4v) is 4.04. The molecule has 29 heavy (non-hydrogen) atoms. The summed E-state index contributed by atoms with van der Waals surface area (Å²) in [6.45, 7) is 8.14. The smallest absolute Gasteiger partial charge is 0.278 e. The Hall–Kier alpha value is -2.95. The van der Waals surface area contributed by atoms with Crippen LogP contribution in [0.15, 0.2) is 48.3 Å². The van der Waals surface area contributed by atoms with E-state index < -0.39 is 0 Å². The third kappa shape index (κ3) is 3.69. The fourth-order valence-electron chi connectivity index (χ4n) is 4.04.